The molecule has 2 aromatic rings. The molecule has 138 valence electrons. The van der Waals surface area contributed by atoms with Gasteiger partial charge in [0.2, 0.25) is 0 Å². The molecule has 1 aromatic heterocycles. The molecule has 0 amide bonds. The van der Waals surface area contributed by atoms with Gasteiger partial charge in [0.25, 0.3) is 0 Å². The molecule has 4 rings (SSSR count). The Morgan fingerprint density at radius 2 is 2.15 bits per heavy atom. The molecular formula is C22H20O5. The van der Waals surface area contributed by atoms with Gasteiger partial charge in [0.1, 0.15) is 34.7 Å². The van der Waals surface area contributed by atoms with Crippen LogP contribution >= 0.6 is 0 Å². The molecule has 2 aliphatic rings. The smallest absolute Gasteiger partial charge is 0.331 e. The van der Waals surface area contributed by atoms with Crippen molar-refractivity contribution in [1.29, 1.82) is 0 Å². The zero-order chi connectivity index (χ0) is 19.0. The van der Waals surface area contributed by atoms with Crippen molar-refractivity contribution in [2.24, 2.45) is 0 Å². The van der Waals surface area contributed by atoms with Crippen LogP contribution in [-0.4, -0.2) is 17.7 Å². The first-order chi connectivity index (χ1) is 12.9. The first-order valence-corrected chi connectivity index (χ1v) is 8.74. The zero-order valence-electron chi connectivity index (χ0n) is 15.2. The minimum Gasteiger partial charge on any atom is -0.484 e. The van der Waals surface area contributed by atoms with Gasteiger partial charge in [0.15, 0.2) is 0 Å². The lowest BCUT2D eigenvalue weighted by molar-refractivity contribution is -0.155. The Hall–Kier alpha value is -3.21. The summed E-state index contributed by atoms with van der Waals surface area (Å²) in [6.45, 7) is 7.63. The molecule has 0 spiro atoms. The van der Waals surface area contributed by atoms with E-state index in [1.165, 1.54) is 6.08 Å². The van der Waals surface area contributed by atoms with E-state index in [4.69, 9.17) is 18.6 Å². The van der Waals surface area contributed by atoms with Crippen LogP contribution in [-0.2, 0) is 16.0 Å². The van der Waals surface area contributed by atoms with Gasteiger partial charge in [-0.15, -0.1) is 0 Å². The summed E-state index contributed by atoms with van der Waals surface area (Å²) in [4.78, 5) is 12.2. The number of esters is 1. The average Bonchev–Trinajstić information content (AvgIpc) is 3.12. The van der Waals surface area contributed by atoms with Crippen LogP contribution in [0.25, 0.3) is 12.2 Å². The van der Waals surface area contributed by atoms with Gasteiger partial charge in [-0.25, -0.2) is 4.79 Å². The third-order valence-corrected chi connectivity index (χ3v) is 4.62. The highest BCUT2D eigenvalue weighted by atomic mass is 16.6. The second-order valence-corrected chi connectivity index (χ2v) is 7.08. The molecule has 0 aliphatic carbocycles. The fourth-order valence-corrected chi connectivity index (χ4v) is 3.15. The number of fused-ring (bicyclic) bond motifs is 2. The quantitative estimate of drug-likeness (QED) is 0.591. The summed E-state index contributed by atoms with van der Waals surface area (Å²) in [5.74, 6) is 2.20. The van der Waals surface area contributed by atoms with Crippen LogP contribution in [0.15, 0.2) is 59.4 Å². The molecule has 0 fully saturated rings. The normalized spacial score (nSPS) is 19.8. The molecule has 5 nitrogen and oxygen atoms in total. The minimum absolute atomic E-state index is 0.416. The maximum Gasteiger partial charge on any atom is 0.331 e. The molecular weight excluding hydrogens is 344 g/mol. The highest BCUT2D eigenvalue weighted by Gasteiger charge is 2.40. The third-order valence-electron chi connectivity index (χ3n) is 4.62. The fourth-order valence-electron chi connectivity index (χ4n) is 3.15. The maximum absolute atomic E-state index is 12.2. The molecule has 0 radical (unpaired) electrons. The molecule has 2 aliphatic heterocycles. The van der Waals surface area contributed by atoms with E-state index < -0.39 is 17.7 Å². The number of carbonyl (C=O) groups is 1. The maximum atomic E-state index is 12.2. The van der Waals surface area contributed by atoms with Crippen LogP contribution in [0.4, 0.5) is 0 Å². The Bertz CT molecular complexity index is 947. The summed E-state index contributed by atoms with van der Waals surface area (Å²) in [6, 6.07) is 7.40. The third kappa shape index (κ3) is 3.53. The van der Waals surface area contributed by atoms with Gasteiger partial charge in [0, 0.05) is 24.1 Å². The first-order valence-electron chi connectivity index (χ1n) is 8.74. The second-order valence-electron chi connectivity index (χ2n) is 7.08. The van der Waals surface area contributed by atoms with Crippen LogP contribution in [0.1, 0.15) is 30.7 Å². The molecule has 27 heavy (non-hydrogen) atoms. The molecule has 1 atom stereocenters. The zero-order valence-corrected chi connectivity index (χ0v) is 15.2. The molecule has 3 heterocycles. The van der Waals surface area contributed by atoms with Crippen LogP contribution in [0.3, 0.4) is 0 Å². The van der Waals surface area contributed by atoms with Gasteiger partial charge in [0.05, 0.1) is 6.26 Å². The van der Waals surface area contributed by atoms with E-state index in [2.05, 4.69) is 6.58 Å². The highest BCUT2D eigenvalue weighted by molar-refractivity contribution is 5.86. The summed E-state index contributed by atoms with van der Waals surface area (Å²) in [5, 5.41) is 0. The summed E-state index contributed by atoms with van der Waals surface area (Å²) >= 11 is 0. The number of hydrogen-bond donors (Lipinski definition) is 0. The Balaban J connectivity index is 1.54. The number of rotatable bonds is 3. The monoisotopic (exact) mass is 364 g/mol. The van der Waals surface area contributed by atoms with Crippen LogP contribution in [0.2, 0.25) is 0 Å². The Morgan fingerprint density at radius 3 is 2.93 bits per heavy atom. The van der Waals surface area contributed by atoms with Gasteiger partial charge < -0.3 is 18.6 Å². The summed E-state index contributed by atoms with van der Waals surface area (Å²) in [6.07, 6.45) is 8.41. The largest absolute Gasteiger partial charge is 0.484 e. The van der Waals surface area contributed by atoms with E-state index in [1.54, 1.807) is 24.5 Å². The lowest BCUT2D eigenvalue weighted by Gasteiger charge is -2.39. The standard InChI is InChI=1S/C22H20O5/c1-14-6-7-15-11-16-12-20(22(2,3)27-19(16)13-18(15)25-14)26-21(23)9-8-17-5-4-10-24-17/h4-11,13,20H,1,12H2,2-3H3/b9-8+. The van der Waals surface area contributed by atoms with Gasteiger partial charge in [-0.1, -0.05) is 6.58 Å². The van der Waals surface area contributed by atoms with Crippen LogP contribution in [0.5, 0.6) is 11.5 Å². The van der Waals surface area contributed by atoms with E-state index in [0.29, 0.717) is 23.7 Å². The molecule has 0 saturated heterocycles. The van der Waals surface area contributed by atoms with Gasteiger partial charge >= 0.3 is 5.97 Å². The lowest BCUT2D eigenvalue weighted by atomic mass is 9.89. The van der Waals surface area contributed by atoms with Crippen molar-refractivity contribution in [3.8, 4) is 11.5 Å². The molecule has 0 N–H and O–H groups in total. The van der Waals surface area contributed by atoms with Crippen molar-refractivity contribution in [3.63, 3.8) is 0 Å². The topological polar surface area (TPSA) is 57.9 Å². The van der Waals surface area contributed by atoms with Crippen molar-refractivity contribution < 1.29 is 23.4 Å². The van der Waals surface area contributed by atoms with Gasteiger partial charge in [-0.05, 0) is 55.8 Å². The number of carbonyl (C=O) groups excluding carboxylic acids is 1. The van der Waals surface area contributed by atoms with Gasteiger partial charge in [-0.3, -0.25) is 0 Å². The molecule has 0 bridgehead atoms. The van der Waals surface area contributed by atoms with Crippen molar-refractivity contribution in [2.75, 3.05) is 0 Å². The summed E-state index contributed by atoms with van der Waals surface area (Å²) in [7, 11) is 0. The van der Waals surface area contributed by atoms with E-state index in [0.717, 1.165) is 16.9 Å². The Labute approximate surface area is 157 Å². The molecule has 0 saturated carbocycles. The van der Waals surface area contributed by atoms with Crippen LogP contribution in [0, 0.1) is 0 Å². The Kier molecular flexibility index (Phi) is 4.15. The van der Waals surface area contributed by atoms with Crippen molar-refractivity contribution in [2.45, 2.75) is 32.0 Å². The predicted molar refractivity (Wildman–Crippen MR) is 101 cm³/mol. The number of benzene rings is 1. The van der Waals surface area contributed by atoms with E-state index >= 15 is 0 Å². The van der Waals surface area contributed by atoms with E-state index in [1.807, 2.05) is 38.1 Å². The number of hydrogen-bond acceptors (Lipinski definition) is 5. The van der Waals surface area contributed by atoms with Crippen LogP contribution < -0.4 is 9.47 Å². The van der Waals surface area contributed by atoms with E-state index in [-0.39, 0.29) is 0 Å². The number of furan rings is 1. The predicted octanol–water partition coefficient (Wildman–Crippen LogP) is 4.54. The average molecular weight is 364 g/mol. The van der Waals surface area contributed by atoms with Crippen molar-refractivity contribution >= 4 is 18.1 Å². The minimum atomic E-state index is -0.670. The molecule has 1 unspecified atom stereocenters. The first kappa shape index (κ1) is 17.2. The summed E-state index contributed by atoms with van der Waals surface area (Å²) < 4.78 is 22.6. The van der Waals surface area contributed by atoms with E-state index in [9.17, 15) is 4.79 Å². The summed E-state index contributed by atoms with van der Waals surface area (Å²) in [5.41, 5.74) is 1.26. The second kappa shape index (κ2) is 6.50. The SMILES string of the molecule is C=C1C=Cc2cc3c(cc2O1)OC(C)(C)C(OC(=O)/C=C/c1ccco1)C3. The lowest BCUT2D eigenvalue weighted by Crippen LogP contribution is -2.48. The van der Waals surface area contributed by atoms with Gasteiger partial charge in [-0.2, -0.15) is 0 Å². The van der Waals surface area contributed by atoms with Crippen molar-refractivity contribution in [3.05, 3.63) is 71.9 Å². The van der Waals surface area contributed by atoms with Crippen molar-refractivity contribution in [1.82, 2.24) is 0 Å². The fraction of sp³-hybridized carbons (Fsp3) is 0.227. The highest BCUT2D eigenvalue weighted by Crippen LogP contribution is 2.40. The molecule has 1 aromatic carbocycles. The number of allylic oxidation sites excluding steroid dienone is 1. The molecule has 5 heteroatoms. The Morgan fingerprint density at radius 1 is 1.30 bits per heavy atom. The number of ether oxygens (including phenoxy) is 3.